The Morgan fingerprint density at radius 1 is 1.75 bits per heavy atom. The van der Waals surface area contributed by atoms with E-state index >= 15 is 0 Å². The summed E-state index contributed by atoms with van der Waals surface area (Å²) in [6, 6.07) is 0. The second kappa shape index (κ2) is 4.73. The van der Waals surface area contributed by atoms with Crippen LogP contribution in [0.4, 0.5) is 0 Å². The first-order valence-electron chi connectivity index (χ1n) is 2.29. The fourth-order valence-corrected chi connectivity index (χ4v) is 0.360. The van der Waals surface area contributed by atoms with E-state index in [1.165, 1.54) is 0 Å². The summed E-state index contributed by atoms with van der Waals surface area (Å²) in [5.74, 6) is 0. The molecule has 0 radical (unpaired) electrons. The summed E-state index contributed by atoms with van der Waals surface area (Å²) in [6.07, 6.45) is 0.773. The van der Waals surface area contributed by atoms with Crippen LogP contribution in [0.1, 0.15) is 13.3 Å². The van der Waals surface area contributed by atoms with E-state index in [0.717, 1.165) is 6.42 Å². The van der Waals surface area contributed by atoms with Gasteiger partial charge in [-0.05, 0) is 6.42 Å². The number of rotatable bonds is 4. The maximum Gasteiger partial charge on any atom is 0.798 e. The standard InChI is InChI=1S/C3H8O4Si/c1-2-3-6-7-8(4)5/h4H,2-3H2,1H3. The van der Waals surface area contributed by atoms with Gasteiger partial charge in [-0.1, -0.05) is 6.92 Å². The molecule has 4 nitrogen and oxygen atoms in total. The molecule has 0 unspecified atom stereocenters. The molecule has 0 aromatic carbocycles. The fourth-order valence-electron chi connectivity index (χ4n) is 0.175. The summed E-state index contributed by atoms with van der Waals surface area (Å²) >= 11 is 0. The lowest BCUT2D eigenvalue weighted by molar-refractivity contribution is -0.225. The first-order valence-corrected chi connectivity index (χ1v) is 3.56. The van der Waals surface area contributed by atoms with Gasteiger partial charge in [0.05, 0.1) is 6.61 Å². The molecule has 0 aliphatic rings. The third-order valence-corrected chi connectivity index (χ3v) is 0.678. The van der Waals surface area contributed by atoms with Gasteiger partial charge in [-0.15, -0.1) is 0 Å². The molecule has 0 aliphatic heterocycles. The molecule has 1 N–H and O–H groups in total. The summed E-state index contributed by atoms with van der Waals surface area (Å²) in [6.45, 7) is 2.23. The van der Waals surface area contributed by atoms with Gasteiger partial charge in [0, 0.05) is 0 Å². The van der Waals surface area contributed by atoms with Crippen LogP contribution in [0.5, 0.6) is 0 Å². The minimum Gasteiger partial charge on any atom is -0.510 e. The van der Waals surface area contributed by atoms with Gasteiger partial charge in [0.1, 0.15) is 0 Å². The summed E-state index contributed by atoms with van der Waals surface area (Å²) in [7, 11) is -2.88. The topological polar surface area (TPSA) is 55.8 Å². The summed E-state index contributed by atoms with van der Waals surface area (Å²) in [4.78, 5) is 12.2. The Morgan fingerprint density at radius 3 is 2.75 bits per heavy atom. The molecule has 0 amide bonds. The largest absolute Gasteiger partial charge is 0.798 e. The van der Waals surface area contributed by atoms with Crippen LogP contribution in [0.3, 0.4) is 0 Å². The molecule has 0 atom stereocenters. The molecule has 0 saturated heterocycles. The first kappa shape index (κ1) is 7.58. The van der Waals surface area contributed by atoms with Crippen molar-refractivity contribution in [3.05, 3.63) is 0 Å². The van der Waals surface area contributed by atoms with Crippen LogP contribution < -0.4 is 0 Å². The van der Waals surface area contributed by atoms with E-state index in [0.29, 0.717) is 6.61 Å². The van der Waals surface area contributed by atoms with Crippen LogP contribution in [0.25, 0.3) is 0 Å². The Bertz CT molecular complexity index is 73.7. The van der Waals surface area contributed by atoms with Gasteiger partial charge >= 0.3 is 9.17 Å². The van der Waals surface area contributed by atoms with E-state index in [2.05, 4.69) is 9.46 Å². The van der Waals surface area contributed by atoms with Gasteiger partial charge in [-0.3, -0.25) is 4.46 Å². The average Bonchev–Trinajstić information content (AvgIpc) is 1.66. The highest BCUT2D eigenvalue weighted by Crippen LogP contribution is 1.79. The molecule has 0 aromatic rings. The van der Waals surface area contributed by atoms with Crippen molar-refractivity contribution in [3.8, 4) is 0 Å². The normalized spacial score (nSPS) is 8.62. The van der Waals surface area contributed by atoms with Crippen LogP contribution in [0.15, 0.2) is 0 Å². The molecule has 0 rings (SSSR count). The van der Waals surface area contributed by atoms with Crippen LogP contribution in [-0.2, 0) is 13.9 Å². The van der Waals surface area contributed by atoms with Crippen molar-refractivity contribution in [2.45, 2.75) is 13.3 Å². The maximum atomic E-state index is 9.71. The minimum atomic E-state index is -2.88. The molecule has 0 aliphatic carbocycles. The fraction of sp³-hybridized carbons (Fsp3) is 1.00. The predicted molar refractivity (Wildman–Crippen MR) is 26.0 cm³/mol. The van der Waals surface area contributed by atoms with E-state index in [1.807, 2.05) is 6.92 Å². The smallest absolute Gasteiger partial charge is 0.510 e. The second-order valence-corrected chi connectivity index (χ2v) is 1.87. The first-order chi connectivity index (χ1) is 3.77. The van der Waals surface area contributed by atoms with E-state index in [1.54, 1.807) is 0 Å². The highest BCUT2D eigenvalue weighted by Gasteiger charge is 2.02. The SMILES string of the molecule is CCCOO[Si](=O)O. The third kappa shape index (κ3) is 5.58. The van der Waals surface area contributed by atoms with Gasteiger partial charge in [0.15, 0.2) is 0 Å². The molecule has 0 spiro atoms. The molecular formula is C3H8O4Si. The van der Waals surface area contributed by atoms with Crippen LogP contribution in [0, 0.1) is 0 Å². The Hall–Kier alpha value is -0.423. The minimum absolute atomic E-state index is 0.358. The summed E-state index contributed by atoms with van der Waals surface area (Å²) in [5.41, 5.74) is 0. The zero-order valence-electron chi connectivity index (χ0n) is 4.59. The summed E-state index contributed by atoms with van der Waals surface area (Å²) < 4.78 is 13.6. The molecule has 48 valence electrons. The molecule has 0 aromatic heterocycles. The molecule has 0 bridgehead atoms. The molecule has 0 fully saturated rings. The van der Waals surface area contributed by atoms with Gasteiger partial charge < -0.3 is 9.37 Å². The average molecular weight is 136 g/mol. The number of hydrogen-bond acceptors (Lipinski definition) is 3. The zero-order chi connectivity index (χ0) is 6.41. The Kier molecular flexibility index (Phi) is 4.48. The van der Waals surface area contributed by atoms with Gasteiger partial charge in [-0.2, -0.15) is 4.89 Å². The van der Waals surface area contributed by atoms with Crippen molar-refractivity contribution in [1.29, 1.82) is 0 Å². The second-order valence-electron chi connectivity index (χ2n) is 1.17. The van der Waals surface area contributed by atoms with Crippen LogP contribution >= 0.6 is 0 Å². The lowest BCUT2D eigenvalue weighted by atomic mass is 10.5. The third-order valence-electron chi connectivity index (χ3n) is 0.418. The van der Waals surface area contributed by atoms with E-state index in [-0.39, 0.29) is 0 Å². The Morgan fingerprint density at radius 2 is 2.38 bits per heavy atom. The van der Waals surface area contributed by atoms with E-state index < -0.39 is 9.17 Å². The van der Waals surface area contributed by atoms with Crippen LogP contribution in [-0.4, -0.2) is 20.6 Å². The van der Waals surface area contributed by atoms with Gasteiger partial charge in [-0.25, -0.2) is 0 Å². The quantitative estimate of drug-likeness (QED) is 0.251. The lowest BCUT2D eigenvalue weighted by Crippen LogP contribution is -2.06. The van der Waals surface area contributed by atoms with Crippen molar-refractivity contribution >= 4 is 9.17 Å². The monoisotopic (exact) mass is 136 g/mol. The highest BCUT2D eigenvalue weighted by atomic mass is 28.3. The molecule has 5 heteroatoms. The maximum absolute atomic E-state index is 9.71. The van der Waals surface area contributed by atoms with Gasteiger partial charge in [0.2, 0.25) is 0 Å². The number of hydrogen-bond donors (Lipinski definition) is 1. The van der Waals surface area contributed by atoms with Crippen molar-refractivity contribution < 1.29 is 18.7 Å². The van der Waals surface area contributed by atoms with E-state index in [4.69, 9.17) is 4.80 Å². The van der Waals surface area contributed by atoms with Crippen LogP contribution in [0.2, 0.25) is 0 Å². The molecule has 8 heavy (non-hydrogen) atoms. The highest BCUT2D eigenvalue weighted by molar-refractivity contribution is 6.23. The Balaban J connectivity index is 2.82. The summed E-state index contributed by atoms with van der Waals surface area (Å²) in [5, 5.41) is 0. The van der Waals surface area contributed by atoms with Crippen molar-refractivity contribution in [1.82, 2.24) is 0 Å². The lowest BCUT2D eigenvalue weighted by Gasteiger charge is -1.94. The van der Waals surface area contributed by atoms with Crippen molar-refractivity contribution in [2.24, 2.45) is 0 Å². The van der Waals surface area contributed by atoms with Crippen molar-refractivity contribution in [2.75, 3.05) is 6.61 Å². The van der Waals surface area contributed by atoms with E-state index in [9.17, 15) is 4.46 Å². The van der Waals surface area contributed by atoms with Gasteiger partial charge in [0.25, 0.3) is 0 Å². The van der Waals surface area contributed by atoms with Crippen molar-refractivity contribution in [3.63, 3.8) is 0 Å². The zero-order valence-corrected chi connectivity index (χ0v) is 5.59. The molecule has 0 saturated carbocycles. The Labute approximate surface area is 48.9 Å². The predicted octanol–water partition coefficient (Wildman–Crippen LogP) is -0.248. The molecule has 0 heterocycles. The molecular weight excluding hydrogens is 128 g/mol.